The summed E-state index contributed by atoms with van der Waals surface area (Å²) in [4.78, 5) is 14.3. The number of hydrogen-bond acceptors (Lipinski definition) is 7. The number of amides is 1. The van der Waals surface area contributed by atoms with E-state index in [1.54, 1.807) is 12.5 Å². The van der Waals surface area contributed by atoms with Gasteiger partial charge in [0.1, 0.15) is 11.6 Å². The molecule has 25 heavy (non-hydrogen) atoms. The van der Waals surface area contributed by atoms with Gasteiger partial charge in [-0.1, -0.05) is 0 Å². The van der Waals surface area contributed by atoms with Crippen molar-refractivity contribution in [2.24, 2.45) is 0 Å². The molecule has 8 heteroatoms. The Morgan fingerprint density at radius 1 is 1.44 bits per heavy atom. The predicted molar refractivity (Wildman–Crippen MR) is 92.0 cm³/mol. The average Bonchev–Trinajstić information content (AvgIpc) is 3.16. The Labute approximate surface area is 146 Å². The minimum atomic E-state index is -0.141. The van der Waals surface area contributed by atoms with E-state index < -0.39 is 0 Å². The molecule has 1 aliphatic rings. The number of nitrogens with one attached hydrogen (secondary N) is 2. The van der Waals surface area contributed by atoms with Crippen LogP contribution >= 0.6 is 0 Å². The summed E-state index contributed by atoms with van der Waals surface area (Å²) < 4.78 is 11.1. The fraction of sp³-hybridized carbons (Fsp3) is 0.471. The highest BCUT2D eigenvalue weighted by Crippen LogP contribution is 2.12. The molecule has 134 valence electrons. The normalized spacial score (nSPS) is 19.3. The van der Waals surface area contributed by atoms with Gasteiger partial charge >= 0.3 is 0 Å². The van der Waals surface area contributed by atoms with Gasteiger partial charge in [-0.2, -0.15) is 5.10 Å². The van der Waals surface area contributed by atoms with Crippen molar-refractivity contribution in [3.8, 4) is 0 Å². The van der Waals surface area contributed by atoms with E-state index >= 15 is 0 Å². The number of anilines is 1. The minimum absolute atomic E-state index is 0.00560. The summed E-state index contributed by atoms with van der Waals surface area (Å²) in [5.74, 6) is 1.45. The molecule has 3 rings (SSSR count). The maximum absolute atomic E-state index is 12.2. The number of furan rings is 1. The number of aromatic nitrogens is 2. The topological polar surface area (TPSA) is 92.5 Å². The predicted octanol–water partition coefficient (Wildman–Crippen LogP) is 1.06. The van der Waals surface area contributed by atoms with Crippen molar-refractivity contribution in [1.82, 2.24) is 20.4 Å². The molecule has 1 amide bonds. The average molecular weight is 345 g/mol. The molecule has 3 heterocycles. The molecule has 0 aliphatic carbocycles. The first-order valence-corrected chi connectivity index (χ1v) is 8.39. The van der Waals surface area contributed by atoms with E-state index in [1.165, 1.54) is 0 Å². The molecule has 0 unspecified atom stereocenters. The summed E-state index contributed by atoms with van der Waals surface area (Å²) >= 11 is 0. The lowest BCUT2D eigenvalue weighted by Crippen LogP contribution is -2.49. The quantitative estimate of drug-likeness (QED) is 0.775. The second-order valence-corrected chi connectivity index (χ2v) is 6.02. The van der Waals surface area contributed by atoms with Crippen molar-refractivity contribution in [2.45, 2.75) is 19.1 Å². The van der Waals surface area contributed by atoms with E-state index in [1.807, 2.05) is 31.2 Å². The smallest absolute Gasteiger partial charge is 0.234 e. The summed E-state index contributed by atoms with van der Waals surface area (Å²) in [5, 5.41) is 14.0. The molecule has 2 atom stereocenters. The Morgan fingerprint density at radius 3 is 3.12 bits per heavy atom. The summed E-state index contributed by atoms with van der Waals surface area (Å²) in [6.07, 6.45) is 3.24. The van der Waals surface area contributed by atoms with Crippen LogP contribution in [0.2, 0.25) is 0 Å². The molecule has 2 aromatic heterocycles. The van der Waals surface area contributed by atoms with Gasteiger partial charge in [0, 0.05) is 25.8 Å². The summed E-state index contributed by atoms with van der Waals surface area (Å²) in [6, 6.07) is 7.21. The van der Waals surface area contributed by atoms with Crippen molar-refractivity contribution in [3.63, 3.8) is 0 Å². The first-order valence-electron chi connectivity index (χ1n) is 8.39. The summed E-state index contributed by atoms with van der Waals surface area (Å²) in [5.41, 5.74) is 0. The molecular formula is C17H23N5O3. The lowest BCUT2D eigenvalue weighted by atomic mass is 10.2. The van der Waals surface area contributed by atoms with Gasteiger partial charge in [-0.15, -0.1) is 5.10 Å². The third kappa shape index (κ3) is 5.27. The number of nitrogens with zero attached hydrogens (tertiary/aromatic N) is 3. The molecule has 1 aliphatic heterocycles. The van der Waals surface area contributed by atoms with Gasteiger partial charge < -0.3 is 19.8 Å². The van der Waals surface area contributed by atoms with E-state index in [4.69, 9.17) is 9.15 Å². The lowest BCUT2D eigenvalue weighted by Gasteiger charge is -2.32. The fourth-order valence-corrected chi connectivity index (χ4v) is 2.76. The second kappa shape index (κ2) is 8.59. The van der Waals surface area contributed by atoms with Crippen molar-refractivity contribution in [3.05, 3.63) is 42.5 Å². The number of ether oxygens (including phenoxy) is 1. The third-order valence-electron chi connectivity index (χ3n) is 4.02. The lowest BCUT2D eigenvalue weighted by molar-refractivity contribution is -0.124. The van der Waals surface area contributed by atoms with Gasteiger partial charge in [0.05, 0.1) is 31.6 Å². The van der Waals surface area contributed by atoms with Crippen LogP contribution in [0.25, 0.3) is 0 Å². The molecule has 0 saturated carbocycles. The Morgan fingerprint density at radius 2 is 2.36 bits per heavy atom. The molecule has 8 nitrogen and oxygen atoms in total. The van der Waals surface area contributed by atoms with E-state index in [0.717, 1.165) is 12.3 Å². The fourth-order valence-electron chi connectivity index (χ4n) is 2.76. The maximum atomic E-state index is 12.2. The van der Waals surface area contributed by atoms with Crippen LogP contribution in [0.4, 0.5) is 5.82 Å². The Bertz CT molecular complexity index is 650. The molecule has 0 spiro atoms. The van der Waals surface area contributed by atoms with Gasteiger partial charge in [-0.3, -0.25) is 9.69 Å². The van der Waals surface area contributed by atoms with Gasteiger partial charge in [0.25, 0.3) is 0 Å². The largest absolute Gasteiger partial charge is 0.467 e. The number of hydrogen-bond donors (Lipinski definition) is 2. The van der Waals surface area contributed by atoms with Crippen LogP contribution in [0, 0.1) is 0 Å². The monoisotopic (exact) mass is 345 g/mol. The highest BCUT2D eigenvalue weighted by molar-refractivity contribution is 5.78. The van der Waals surface area contributed by atoms with Crippen LogP contribution in [0.1, 0.15) is 18.7 Å². The van der Waals surface area contributed by atoms with E-state index in [2.05, 4.69) is 25.7 Å². The molecule has 2 N–H and O–H groups in total. The van der Waals surface area contributed by atoms with E-state index in [-0.39, 0.29) is 18.1 Å². The van der Waals surface area contributed by atoms with Gasteiger partial charge in [0.2, 0.25) is 5.91 Å². The van der Waals surface area contributed by atoms with Gasteiger partial charge in [-0.25, -0.2) is 0 Å². The minimum Gasteiger partial charge on any atom is -0.467 e. The zero-order valence-corrected chi connectivity index (χ0v) is 14.2. The first kappa shape index (κ1) is 17.4. The number of carbonyl (C=O) groups excluding carboxylic acids is 1. The Kier molecular flexibility index (Phi) is 5.97. The van der Waals surface area contributed by atoms with E-state index in [0.29, 0.717) is 32.1 Å². The van der Waals surface area contributed by atoms with Crippen molar-refractivity contribution in [1.29, 1.82) is 0 Å². The molecule has 0 radical (unpaired) electrons. The van der Waals surface area contributed by atoms with Crippen LogP contribution in [0.5, 0.6) is 0 Å². The highest BCUT2D eigenvalue weighted by atomic mass is 16.5. The molecular weight excluding hydrogens is 322 g/mol. The van der Waals surface area contributed by atoms with Gasteiger partial charge in [0.15, 0.2) is 0 Å². The Balaban J connectivity index is 1.42. The van der Waals surface area contributed by atoms with Crippen molar-refractivity contribution in [2.75, 3.05) is 38.1 Å². The van der Waals surface area contributed by atoms with E-state index in [9.17, 15) is 4.79 Å². The summed E-state index contributed by atoms with van der Waals surface area (Å²) in [7, 11) is 0. The van der Waals surface area contributed by atoms with Crippen LogP contribution in [-0.4, -0.2) is 59.9 Å². The molecule has 2 aromatic rings. The van der Waals surface area contributed by atoms with Crippen molar-refractivity contribution < 1.29 is 13.9 Å². The van der Waals surface area contributed by atoms with Crippen LogP contribution in [0.3, 0.4) is 0 Å². The number of carbonyl (C=O) groups is 1. The zero-order chi connectivity index (χ0) is 17.5. The van der Waals surface area contributed by atoms with Crippen LogP contribution in [0.15, 0.2) is 41.1 Å². The number of morpholine rings is 1. The SMILES string of the molecule is C[C@@H](NC(=O)CN1CCO[C@H](CNc2cccnn2)C1)c1ccco1. The Hall–Kier alpha value is -2.45. The first-order chi connectivity index (χ1) is 12.2. The third-order valence-corrected chi connectivity index (χ3v) is 4.02. The molecule has 0 bridgehead atoms. The molecule has 0 aromatic carbocycles. The summed E-state index contributed by atoms with van der Waals surface area (Å²) in [6.45, 7) is 4.91. The highest BCUT2D eigenvalue weighted by Gasteiger charge is 2.23. The van der Waals surface area contributed by atoms with Crippen LogP contribution < -0.4 is 10.6 Å². The zero-order valence-electron chi connectivity index (χ0n) is 14.2. The second-order valence-electron chi connectivity index (χ2n) is 6.02. The molecule has 1 saturated heterocycles. The number of rotatable bonds is 7. The maximum Gasteiger partial charge on any atom is 0.234 e. The van der Waals surface area contributed by atoms with Crippen LogP contribution in [-0.2, 0) is 9.53 Å². The van der Waals surface area contributed by atoms with Crippen molar-refractivity contribution >= 4 is 11.7 Å². The standard InChI is InChI=1S/C17H23N5O3/c1-13(15-4-3-8-25-15)20-17(23)12-22-7-9-24-14(11-22)10-18-16-5-2-6-19-21-16/h2-6,8,13-14H,7,9-12H2,1H3,(H,18,21)(H,20,23)/t13-,14-/m1/s1. The molecule has 1 fully saturated rings. The van der Waals surface area contributed by atoms with Gasteiger partial charge in [-0.05, 0) is 31.2 Å².